The molecule has 1 atom stereocenters. The number of guanidine groups is 1. The highest BCUT2D eigenvalue weighted by molar-refractivity contribution is 6.25. The third kappa shape index (κ3) is 0.888. The molecule has 0 aromatic heterocycles. The van der Waals surface area contributed by atoms with E-state index in [2.05, 4.69) is 15.0 Å². The average Bonchev–Trinajstić information content (AvgIpc) is 2.26. The van der Waals surface area contributed by atoms with Crippen LogP contribution in [-0.4, -0.2) is 34.6 Å². The Morgan fingerprint density at radius 3 is 2.92 bits per heavy atom. The largest absolute Gasteiger partial charge is 0.845 e. The molecule has 1 amide bonds. The summed E-state index contributed by atoms with van der Waals surface area (Å²) in [5.41, 5.74) is 2.87. The van der Waals surface area contributed by atoms with E-state index in [1.807, 2.05) is 5.32 Å². The fourth-order valence-corrected chi connectivity index (χ4v) is 0.983. The predicted octanol–water partition coefficient (Wildman–Crippen LogP) is -3.75. The summed E-state index contributed by atoms with van der Waals surface area (Å²) < 4.78 is 0. The van der Waals surface area contributed by atoms with Gasteiger partial charge in [0.25, 0.3) is 11.6 Å². The lowest BCUT2D eigenvalue weighted by Crippen LogP contribution is -2.57. The van der Waals surface area contributed by atoms with Gasteiger partial charge in [-0.1, -0.05) is 0 Å². The molecule has 2 heterocycles. The number of nitrogens with zero attached hydrogens (tertiary/aromatic N) is 3. The standard InChI is InChI=1S/C5H5N5O3/c6-3-7-1-5(13,2(11)9-3)10-4(12)8-1/h13H,(H4,6,7,8,9,10,11,12)/p-1. The minimum absolute atomic E-state index is 0.224. The van der Waals surface area contributed by atoms with Crippen molar-refractivity contribution in [3.63, 3.8) is 0 Å². The van der Waals surface area contributed by atoms with Gasteiger partial charge < -0.3 is 15.9 Å². The van der Waals surface area contributed by atoms with Crippen molar-refractivity contribution in [1.29, 1.82) is 0 Å². The summed E-state index contributed by atoms with van der Waals surface area (Å²) >= 11 is 0. The van der Waals surface area contributed by atoms with Crippen molar-refractivity contribution in [2.45, 2.75) is 5.72 Å². The lowest BCUT2D eigenvalue weighted by molar-refractivity contribution is -0.217. The van der Waals surface area contributed by atoms with E-state index in [1.165, 1.54) is 0 Å². The molecule has 2 aliphatic heterocycles. The Bertz CT molecular complexity index is 384. The topological polar surface area (TPSA) is 135 Å². The van der Waals surface area contributed by atoms with Gasteiger partial charge in [-0.3, -0.25) is 10.1 Å². The zero-order chi connectivity index (χ0) is 9.64. The molecule has 0 saturated heterocycles. The van der Waals surface area contributed by atoms with Crippen LogP contribution in [0.3, 0.4) is 0 Å². The third-order valence-electron chi connectivity index (χ3n) is 1.56. The van der Waals surface area contributed by atoms with Gasteiger partial charge in [0, 0.05) is 0 Å². The second-order valence-electron chi connectivity index (χ2n) is 2.45. The van der Waals surface area contributed by atoms with Crippen LogP contribution in [0.15, 0.2) is 15.0 Å². The van der Waals surface area contributed by atoms with Crippen LogP contribution < -0.4 is 16.2 Å². The zero-order valence-electron chi connectivity index (χ0n) is 6.18. The Balaban J connectivity index is 2.55. The van der Waals surface area contributed by atoms with Gasteiger partial charge >= 0.3 is 0 Å². The van der Waals surface area contributed by atoms with E-state index in [0.29, 0.717) is 0 Å². The summed E-state index contributed by atoms with van der Waals surface area (Å²) in [5.74, 6) is -1.54. The molecule has 0 saturated carbocycles. The van der Waals surface area contributed by atoms with Crippen LogP contribution in [0, 0.1) is 0 Å². The Labute approximate surface area is 71.5 Å². The Kier molecular flexibility index (Phi) is 1.21. The number of carbonyl (C=O) groups is 1. The molecule has 0 aliphatic carbocycles. The number of carbonyl (C=O) groups excluding carboxylic acids is 1. The van der Waals surface area contributed by atoms with Crippen molar-refractivity contribution in [2.24, 2.45) is 20.7 Å². The highest BCUT2D eigenvalue weighted by Gasteiger charge is 2.47. The minimum atomic E-state index is -2.29. The molecule has 0 aromatic carbocycles. The van der Waals surface area contributed by atoms with E-state index in [9.17, 15) is 15.0 Å². The molecule has 0 fully saturated rings. The second kappa shape index (κ2) is 2.04. The monoisotopic (exact) mass is 182 g/mol. The van der Waals surface area contributed by atoms with Crippen molar-refractivity contribution >= 4 is 23.7 Å². The van der Waals surface area contributed by atoms with Crippen molar-refractivity contribution < 1.29 is 15.0 Å². The van der Waals surface area contributed by atoms with E-state index in [4.69, 9.17) is 5.73 Å². The first-order valence-corrected chi connectivity index (χ1v) is 3.26. The molecule has 0 bridgehead atoms. The number of amidine groups is 2. The molecular formula is C5H4N5O3-. The fourth-order valence-electron chi connectivity index (χ4n) is 0.983. The van der Waals surface area contributed by atoms with Gasteiger partial charge in [-0.2, -0.15) is 4.99 Å². The molecular weight excluding hydrogens is 178 g/mol. The molecule has 13 heavy (non-hydrogen) atoms. The lowest BCUT2D eigenvalue weighted by Gasteiger charge is -2.22. The van der Waals surface area contributed by atoms with Crippen molar-refractivity contribution in [3.8, 4) is 0 Å². The van der Waals surface area contributed by atoms with Gasteiger partial charge in [0.2, 0.25) is 5.96 Å². The van der Waals surface area contributed by atoms with E-state index in [1.54, 1.807) is 0 Å². The molecule has 8 nitrogen and oxygen atoms in total. The summed E-state index contributed by atoms with van der Waals surface area (Å²) in [7, 11) is 0. The number of nitrogens with one attached hydrogen (secondary N) is 1. The summed E-state index contributed by atoms with van der Waals surface area (Å²) in [6.07, 6.45) is 0. The molecule has 2 rings (SSSR count). The van der Waals surface area contributed by atoms with Crippen LogP contribution in [0.5, 0.6) is 0 Å². The summed E-state index contributed by atoms with van der Waals surface area (Å²) in [6, 6.07) is -0.953. The van der Waals surface area contributed by atoms with Gasteiger partial charge in [0.1, 0.15) is 0 Å². The predicted molar refractivity (Wildman–Crippen MR) is 39.6 cm³/mol. The van der Waals surface area contributed by atoms with Crippen LogP contribution in [0.2, 0.25) is 0 Å². The molecule has 0 aromatic rings. The fraction of sp³-hybridized carbons (Fsp3) is 0.200. The number of rotatable bonds is 0. The van der Waals surface area contributed by atoms with E-state index in [0.717, 1.165) is 0 Å². The molecule has 2 aliphatic rings. The number of hydrogen-bond acceptors (Lipinski definition) is 7. The Hall–Kier alpha value is -1.96. The quantitative estimate of drug-likeness (QED) is 0.354. The van der Waals surface area contributed by atoms with Gasteiger partial charge in [-0.05, 0) is 0 Å². The van der Waals surface area contributed by atoms with Gasteiger partial charge in [-0.25, -0.2) is 9.98 Å². The van der Waals surface area contributed by atoms with E-state index < -0.39 is 23.5 Å². The van der Waals surface area contributed by atoms with Crippen LogP contribution in [-0.2, 0) is 4.79 Å². The molecule has 0 spiro atoms. The second-order valence-corrected chi connectivity index (χ2v) is 2.45. The first-order chi connectivity index (χ1) is 6.02. The third-order valence-corrected chi connectivity index (χ3v) is 1.56. The van der Waals surface area contributed by atoms with Gasteiger partial charge in [0.15, 0.2) is 5.84 Å². The van der Waals surface area contributed by atoms with Crippen molar-refractivity contribution in [3.05, 3.63) is 0 Å². The zero-order valence-corrected chi connectivity index (χ0v) is 6.18. The normalized spacial score (nSPS) is 31.5. The summed E-state index contributed by atoms with van der Waals surface area (Å²) in [5, 5.41) is 22.2. The first kappa shape index (κ1) is 7.68. The number of hydrogen-bond donors (Lipinski definition) is 3. The highest BCUT2D eigenvalue weighted by atomic mass is 16.3. The molecule has 68 valence electrons. The van der Waals surface area contributed by atoms with Crippen LogP contribution in [0.1, 0.15) is 0 Å². The van der Waals surface area contributed by atoms with Crippen LogP contribution in [0.4, 0.5) is 0 Å². The average molecular weight is 182 g/mol. The summed E-state index contributed by atoms with van der Waals surface area (Å²) in [4.78, 5) is 20.9. The van der Waals surface area contributed by atoms with Gasteiger partial charge in [0.05, 0.1) is 6.02 Å². The van der Waals surface area contributed by atoms with E-state index >= 15 is 0 Å². The van der Waals surface area contributed by atoms with Crippen LogP contribution >= 0.6 is 0 Å². The van der Waals surface area contributed by atoms with Crippen molar-refractivity contribution in [1.82, 2.24) is 5.32 Å². The lowest BCUT2D eigenvalue weighted by atomic mass is 10.2. The van der Waals surface area contributed by atoms with Gasteiger partial charge in [-0.15, -0.1) is 0 Å². The molecule has 4 N–H and O–H groups in total. The minimum Gasteiger partial charge on any atom is -0.845 e. The Morgan fingerprint density at radius 2 is 2.23 bits per heavy atom. The molecule has 0 radical (unpaired) electrons. The number of nitrogens with two attached hydrogens (primary N) is 1. The Morgan fingerprint density at radius 1 is 1.54 bits per heavy atom. The smallest absolute Gasteiger partial charge is 0.299 e. The van der Waals surface area contributed by atoms with E-state index in [-0.39, 0.29) is 5.96 Å². The maximum atomic E-state index is 11.1. The SMILES string of the molecule is NC1=NC2=NC([O-])=NC2(O)C(=O)N1. The maximum absolute atomic E-state index is 11.1. The number of aliphatic hydroxyl groups is 1. The summed E-state index contributed by atoms with van der Waals surface area (Å²) in [6.45, 7) is 0. The number of amides is 1. The van der Waals surface area contributed by atoms with Crippen molar-refractivity contribution in [2.75, 3.05) is 0 Å². The maximum Gasteiger partial charge on any atom is 0.299 e. The number of fused-ring (bicyclic) bond motifs is 1. The molecule has 1 unspecified atom stereocenters. The highest BCUT2D eigenvalue weighted by Crippen LogP contribution is 2.19. The first-order valence-electron chi connectivity index (χ1n) is 3.26. The number of aliphatic imine (C=N–C) groups is 3. The molecule has 8 heteroatoms. The van der Waals surface area contributed by atoms with Crippen LogP contribution in [0.25, 0.3) is 0 Å².